The minimum Gasteiger partial charge on any atom is -0.379 e. The summed E-state index contributed by atoms with van der Waals surface area (Å²) in [5.74, 6) is 0.440. The molecule has 0 bridgehead atoms. The molecule has 1 saturated heterocycles. The Bertz CT molecular complexity index is 757. The van der Waals surface area contributed by atoms with Crippen LogP contribution in [0.1, 0.15) is 25.8 Å². The molecule has 2 heterocycles. The van der Waals surface area contributed by atoms with Gasteiger partial charge in [-0.3, -0.25) is 9.69 Å². The molecule has 0 radical (unpaired) electrons. The summed E-state index contributed by atoms with van der Waals surface area (Å²) >= 11 is 6.03. The molecule has 8 heteroatoms. The van der Waals surface area contributed by atoms with E-state index in [1.807, 2.05) is 23.6 Å². The third-order valence-corrected chi connectivity index (χ3v) is 5.03. The zero-order valence-corrected chi connectivity index (χ0v) is 15.8. The standard InChI is InChI=1S/C18H26ClN5O2/c1-2-14(12-17(25)21-5-6-23-7-9-26-10-8-23)24-16-4-3-13(19)11-15(16)22-18(24)20/h3-4,11,14H,2,5-10,12H2,1H3,(H2,20,22)(H,21,25)/t14-/m0/s1. The monoisotopic (exact) mass is 379 g/mol. The minimum atomic E-state index is -0.0374. The van der Waals surface area contributed by atoms with Crippen molar-refractivity contribution < 1.29 is 9.53 Å². The maximum absolute atomic E-state index is 12.4. The van der Waals surface area contributed by atoms with Gasteiger partial charge in [-0.15, -0.1) is 0 Å². The van der Waals surface area contributed by atoms with E-state index in [-0.39, 0.29) is 11.9 Å². The molecule has 2 aromatic rings. The van der Waals surface area contributed by atoms with Gasteiger partial charge in [0.1, 0.15) is 0 Å². The highest BCUT2D eigenvalue weighted by Crippen LogP contribution is 2.28. The molecule has 0 spiro atoms. The van der Waals surface area contributed by atoms with Crippen LogP contribution in [-0.4, -0.2) is 59.8 Å². The van der Waals surface area contributed by atoms with Gasteiger partial charge in [0.2, 0.25) is 11.9 Å². The van der Waals surface area contributed by atoms with Crippen LogP contribution in [-0.2, 0) is 9.53 Å². The van der Waals surface area contributed by atoms with Crippen LogP contribution in [0.4, 0.5) is 5.95 Å². The second-order valence-electron chi connectivity index (χ2n) is 6.54. The van der Waals surface area contributed by atoms with Gasteiger partial charge < -0.3 is 20.4 Å². The molecular weight excluding hydrogens is 354 g/mol. The number of hydrogen-bond donors (Lipinski definition) is 2. The van der Waals surface area contributed by atoms with Gasteiger partial charge in [-0.1, -0.05) is 18.5 Å². The summed E-state index contributed by atoms with van der Waals surface area (Å²) < 4.78 is 7.27. The average molecular weight is 380 g/mol. The van der Waals surface area contributed by atoms with Crippen molar-refractivity contribution in [2.24, 2.45) is 0 Å². The predicted octanol–water partition coefficient (Wildman–Crippen LogP) is 2.06. The Morgan fingerprint density at radius 2 is 2.19 bits per heavy atom. The molecule has 1 amide bonds. The van der Waals surface area contributed by atoms with Gasteiger partial charge in [0.15, 0.2) is 0 Å². The van der Waals surface area contributed by atoms with Crippen molar-refractivity contribution in [1.29, 1.82) is 0 Å². The molecule has 0 aliphatic carbocycles. The molecule has 1 aromatic carbocycles. The largest absolute Gasteiger partial charge is 0.379 e. The first-order valence-electron chi connectivity index (χ1n) is 9.08. The van der Waals surface area contributed by atoms with E-state index in [0.717, 1.165) is 50.3 Å². The molecular formula is C18H26ClN5O2. The number of carbonyl (C=O) groups is 1. The van der Waals surface area contributed by atoms with E-state index in [1.54, 1.807) is 6.07 Å². The van der Waals surface area contributed by atoms with E-state index < -0.39 is 0 Å². The number of amides is 1. The van der Waals surface area contributed by atoms with Gasteiger partial charge in [-0.2, -0.15) is 0 Å². The van der Waals surface area contributed by atoms with Crippen LogP contribution in [0.2, 0.25) is 5.02 Å². The van der Waals surface area contributed by atoms with Gasteiger partial charge in [0, 0.05) is 43.7 Å². The second-order valence-corrected chi connectivity index (χ2v) is 6.98. The highest BCUT2D eigenvalue weighted by Gasteiger charge is 2.20. The molecule has 142 valence electrons. The number of aromatic nitrogens is 2. The lowest BCUT2D eigenvalue weighted by molar-refractivity contribution is -0.121. The van der Waals surface area contributed by atoms with Crippen LogP contribution in [0.5, 0.6) is 0 Å². The third-order valence-electron chi connectivity index (χ3n) is 4.79. The Morgan fingerprint density at radius 3 is 2.92 bits per heavy atom. The van der Waals surface area contributed by atoms with Crippen molar-refractivity contribution in [2.75, 3.05) is 45.1 Å². The number of nitrogens with zero attached hydrogens (tertiary/aromatic N) is 3. The smallest absolute Gasteiger partial charge is 0.222 e. The number of nitrogens with two attached hydrogens (primary N) is 1. The molecule has 0 saturated carbocycles. The van der Waals surface area contributed by atoms with Crippen molar-refractivity contribution in [3.05, 3.63) is 23.2 Å². The van der Waals surface area contributed by atoms with Crippen LogP contribution in [0, 0.1) is 0 Å². The van der Waals surface area contributed by atoms with Crippen molar-refractivity contribution in [2.45, 2.75) is 25.8 Å². The zero-order chi connectivity index (χ0) is 18.5. The van der Waals surface area contributed by atoms with E-state index in [4.69, 9.17) is 22.1 Å². The molecule has 26 heavy (non-hydrogen) atoms. The summed E-state index contributed by atoms with van der Waals surface area (Å²) in [4.78, 5) is 19.1. The number of halogens is 1. The van der Waals surface area contributed by atoms with Crippen molar-refractivity contribution >= 4 is 34.5 Å². The first-order chi connectivity index (χ1) is 12.6. The van der Waals surface area contributed by atoms with Gasteiger partial charge in [0.25, 0.3) is 0 Å². The number of morpholine rings is 1. The number of ether oxygens (including phenoxy) is 1. The average Bonchev–Trinajstić information content (AvgIpc) is 2.95. The number of nitrogen functional groups attached to an aromatic ring is 1. The van der Waals surface area contributed by atoms with Crippen LogP contribution >= 0.6 is 11.6 Å². The van der Waals surface area contributed by atoms with E-state index in [0.29, 0.717) is 23.9 Å². The molecule has 3 N–H and O–H groups in total. The second kappa shape index (κ2) is 8.70. The number of imidazole rings is 1. The fourth-order valence-electron chi connectivity index (χ4n) is 3.36. The maximum atomic E-state index is 12.4. The molecule has 1 atom stereocenters. The first kappa shape index (κ1) is 18.9. The summed E-state index contributed by atoms with van der Waals surface area (Å²) in [5, 5.41) is 3.64. The Morgan fingerprint density at radius 1 is 1.42 bits per heavy atom. The number of rotatable bonds is 7. The number of anilines is 1. The van der Waals surface area contributed by atoms with Crippen molar-refractivity contribution in [1.82, 2.24) is 19.8 Å². The normalized spacial score (nSPS) is 16.7. The van der Waals surface area contributed by atoms with E-state index in [1.165, 1.54) is 0 Å². The van der Waals surface area contributed by atoms with E-state index in [2.05, 4.69) is 15.2 Å². The van der Waals surface area contributed by atoms with Gasteiger partial charge >= 0.3 is 0 Å². The highest BCUT2D eigenvalue weighted by molar-refractivity contribution is 6.31. The SMILES string of the molecule is CC[C@@H](CC(=O)NCCN1CCOCC1)n1c(N)nc2cc(Cl)ccc21. The summed E-state index contributed by atoms with van der Waals surface area (Å²) in [6, 6.07) is 5.47. The predicted molar refractivity (Wildman–Crippen MR) is 103 cm³/mol. The molecule has 1 aromatic heterocycles. The van der Waals surface area contributed by atoms with Gasteiger partial charge in [0.05, 0.1) is 24.2 Å². The molecule has 7 nitrogen and oxygen atoms in total. The topological polar surface area (TPSA) is 85.4 Å². The molecule has 1 aliphatic rings. The first-order valence-corrected chi connectivity index (χ1v) is 9.46. The number of hydrogen-bond acceptors (Lipinski definition) is 5. The van der Waals surface area contributed by atoms with Crippen LogP contribution < -0.4 is 11.1 Å². The van der Waals surface area contributed by atoms with Gasteiger partial charge in [-0.25, -0.2) is 4.98 Å². The fourth-order valence-corrected chi connectivity index (χ4v) is 3.52. The van der Waals surface area contributed by atoms with E-state index in [9.17, 15) is 4.79 Å². The van der Waals surface area contributed by atoms with E-state index >= 15 is 0 Å². The van der Waals surface area contributed by atoms with Crippen LogP contribution in [0.3, 0.4) is 0 Å². The molecule has 0 unspecified atom stereocenters. The Labute approximate surface area is 158 Å². The zero-order valence-electron chi connectivity index (χ0n) is 15.1. The Balaban J connectivity index is 1.60. The lowest BCUT2D eigenvalue weighted by Crippen LogP contribution is -2.41. The van der Waals surface area contributed by atoms with Crippen molar-refractivity contribution in [3.63, 3.8) is 0 Å². The van der Waals surface area contributed by atoms with Crippen molar-refractivity contribution in [3.8, 4) is 0 Å². The maximum Gasteiger partial charge on any atom is 0.222 e. The lowest BCUT2D eigenvalue weighted by Gasteiger charge is -2.26. The molecule has 1 aliphatic heterocycles. The molecule has 1 fully saturated rings. The molecule has 3 rings (SSSR count). The quantitative estimate of drug-likeness (QED) is 0.769. The summed E-state index contributed by atoms with van der Waals surface area (Å²) in [7, 11) is 0. The highest BCUT2D eigenvalue weighted by atomic mass is 35.5. The summed E-state index contributed by atoms with van der Waals surface area (Å²) in [6.45, 7) is 6.92. The summed E-state index contributed by atoms with van der Waals surface area (Å²) in [6.07, 6.45) is 1.16. The fraction of sp³-hybridized carbons (Fsp3) is 0.556. The third kappa shape index (κ3) is 4.47. The van der Waals surface area contributed by atoms with Crippen LogP contribution in [0.25, 0.3) is 11.0 Å². The Hall–Kier alpha value is -1.83. The summed E-state index contributed by atoms with van der Waals surface area (Å²) in [5.41, 5.74) is 7.77. The minimum absolute atomic E-state index is 0.0281. The lowest BCUT2D eigenvalue weighted by atomic mass is 10.1. The number of carbonyl (C=O) groups excluding carboxylic acids is 1. The van der Waals surface area contributed by atoms with Crippen LogP contribution in [0.15, 0.2) is 18.2 Å². The van der Waals surface area contributed by atoms with Gasteiger partial charge in [-0.05, 0) is 24.6 Å². The number of benzene rings is 1. The Kier molecular flexibility index (Phi) is 6.34. The number of fused-ring (bicyclic) bond motifs is 1. The number of nitrogens with one attached hydrogen (secondary N) is 1.